The second-order valence-corrected chi connectivity index (χ2v) is 4.38. The lowest BCUT2D eigenvalue weighted by atomic mass is 9.96. The second kappa shape index (κ2) is 3.66. The molecule has 0 spiro atoms. The summed E-state index contributed by atoms with van der Waals surface area (Å²) in [5.74, 6) is 0.176. The highest BCUT2D eigenvalue weighted by molar-refractivity contribution is 5.89. The Morgan fingerprint density at radius 3 is 1.85 bits per heavy atom. The predicted octanol–water partition coefficient (Wildman–Crippen LogP) is 0.992. The van der Waals surface area contributed by atoms with E-state index in [4.69, 9.17) is 0 Å². The van der Waals surface area contributed by atoms with Crippen LogP contribution in [0.4, 0.5) is 0 Å². The van der Waals surface area contributed by atoms with Gasteiger partial charge in [0.2, 0.25) is 5.91 Å². The third-order valence-electron chi connectivity index (χ3n) is 2.63. The number of nitrogens with zero attached hydrogens (tertiary/aromatic N) is 1. The average molecular weight is 184 g/mol. The molecule has 1 N–H and O–H groups in total. The molecule has 1 heterocycles. The van der Waals surface area contributed by atoms with Crippen LogP contribution in [0.3, 0.4) is 0 Å². The van der Waals surface area contributed by atoms with Crippen molar-refractivity contribution >= 4 is 5.91 Å². The molecule has 0 bridgehead atoms. The molecule has 0 aliphatic carbocycles. The van der Waals surface area contributed by atoms with Crippen LogP contribution in [0.25, 0.3) is 0 Å². The molecule has 3 nitrogen and oxygen atoms in total. The molecule has 1 aliphatic heterocycles. The van der Waals surface area contributed by atoms with Crippen LogP contribution in [-0.4, -0.2) is 35.0 Å². The molecule has 0 radical (unpaired) electrons. The van der Waals surface area contributed by atoms with Gasteiger partial charge in [0.05, 0.1) is 6.04 Å². The summed E-state index contributed by atoms with van der Waals surface area (Å²) >= 11 is 0. The Morgan fingerprint density at radius 2 is 1.69 bits per heavy atom. The maximum absolute atomic E-state index is 11.3. The van der Waals surface area contributed by atoms with Crippen molar-refractivity contribution in [2.45, 2.75) is 58.8 Å². The summed E-state index contributed by atoms with van der Waals surface area (Å²) in [5, 5.41) is 2.87. The fourth-order valence-corrected chi connectivity index (χ4v) is 2.15. The zero-order valence-electron chi connectivity index (χ0n) is 9.16. The molecule has 0 aromatic rings. The second-order valence-electron chi connectivity index (χ2n) is 4.38. The first-order chi connectivity index (χ1) is 5.95. The Kier molecular flexibility index (Phi) is 2.96. The minimum Gasteiger partial charge on any atom is -0.350 e. The highest BCUT2D eigenvalue weighted by Gasteiger charge is 2.42. The number of β-lactam (4-membered cyclic amide) rings is 1. The van der Waals surface area contributed by atoms with Crippen molar-refractivity contribution < 1.29 is 4.79 Å². The maximum Gasteiger partial charge on any atom is 0.239 e. The largest absolute Gasteiger partial charge is 0.350 e. The molecule has 1 fully saturated rings. The molecule has 0 aromatic carbocycles. The zero-order valence-corrected chi connectivity index (χ0v) is 9.16. The summed E-state index contributed by atoms with van der Waals surface area (Å²) < 4.78 is 0. The van der Waals surface area contributed by atoms with Crippen molar-refractivity contribution in [3.8, 4) is 0 Å². The molecule has 0 aromatic heterocycles. The van der Waals surface area contributed by atoms with Crippen LogP contribution in [0.2, 0.25) is 0 Å². The van der Waals surface area contributed by atoms with Crippen LogP contribution < -0.4 is 5.32 Å². The molecule has 1 rings (SSSR count). The van der Waals surface area contributed by atoms with Gasteiger partial charge in [-0.25, -0.2) is 0 Å². The van der Waals surface area contributed by atoms with Gasteiger partial charge in [-0.15, -0.1) is 0 Å². The third-order valence-corrected chi connectivity index (χ3v) is 2.63. The summed E-state index contributed by atoms with van der Waals surface area (Å²) in [7, 11) is 0. The Labute approximate surface area is 80.5 Å². The summed E-state index contributed by atoms with van der Waals surface area (Å²) in [6.45, 7) is 10.6. The SMILES string of the molecule is CC(C)N(C(C)C)[C@@H]1C(=O)N[C@@H]1C. The van der Waals surface area contributed by atoms with Crippen LogP contribution in [-0.2, 0) is 4.79 Å². The molecule has 1 aliphatic rings. The van der Waals surface area contributed by atoms with Gasteiger partial charge in [-0.1, -0.05) is 0 Å². The fraction of sp³-hybridized carbons (Fsp3) is 0.900. The topological polar surface area (TPSA) is 32.3 Å². The number of hydrogen-bond donors (Lipinski definition) is 1. The van der Waals surface area contributed by atoms with E-state index >= 15 is 0 Å². The van der Waals surface area contributed by atoms with E-state index in [-0.39, 0.29) is 11.9 Å². The van der Waals surface area contributed by atoms with E-state index in [0.717, 1.165) is 0 Å². The molecular weight excluding hydrogens is 164 g/mol. The monoisotopic (exact) mass is 184 g/mol. The van der Waals surface area contributed by atoms with Crippen molar-refractivity contribution in [2.75, 3.05) is 0 Å². The Bertz CT molecular complexity index is 193. The van der Waals surface area contributed by atoms with Crippen molar-refractivity contribution in [2.24, 2.45) is 0 Å². The van der Waals surface area contributed by atoms with E-state index in [0.29, 0.717) is 18.1 Å². The molecule has 13 heavy (non-hydrogen) atoms. The average Bonchev–Trinajstić information content (AvgIpc) is 1.99. The minimum absolute atomic E-state index is 0.0833. The van der Waals surface area contributed by atoms with Crippen LogP contribution in [0, 0.1) is 0 Å². The molecule has 76 valence electrons. The first-order valence-electron chi connectivity index (χ1n) is 5.03. The van der Waals surface area contributed by atoms with Gasteiger partial charge in [0.15, 0.2) is 0 Å². The molecular formula is C10H20N2O. The highest BCUT2D eigenvalue weighted by atomic mass is 16.2. The van der Waals surface area contributed by atoms with Gasteiger partial charge in [-0.3, -0.25) is 9.69 Å². The lowest BCUT2D eigenvalue weighted by Crippen LogP contribution is -2.70. The van der Waals surface area contributed by atoms with Crippen LogP contribution in [0.15, 0.2) is 0 Å². The summed E-state index contributed by atoms with van der Waals surface area (Å²) in [6.07, 6.45) is 0. The lowest BCUT2D eigenvalue weighted by molar-refractivity contribution is -0.139. The summed E-state index contributed by atoms with van der Waals surface area (Å²) in [4.78, 5) is 13.6. The molecule has 0 unspecified atom stereocenters. The highest BCUT2D eigenvalue weighted by Crippen LogP contribution is 2.19. The normalized spacial score (nSPS) is 28.2. The van der Waals surface area contributed by atoms with Crippen molar-refractivity contribution in [3.63, 3.8) is 0 Å². The van der Waals surface area contributed by atoms with Crippen molar-refractivity contribution in [1.82, 2.24) is 10.2 Å². The number of hydrogen-bond acceptors (Lipinski definition) is 2. The number of rotatable bonds is 3. The number of nitrogens with one attached hydrogen (secondary N) is 1. The number of amides is 1. The maximum atomic E-state index is 11.3. The van der Waals surface area contributed by atoms with E-state index in [1.165, 1.54) is 0 Å². The van der Waals surface area contributed by atoms with Gasteiger partial charge in [0.25, 0.3) is 0 Å². The quantitative estimate of drug-likeness (QED) is 0.663. The fourth-order valence-electron chi connectivity index (χ4n) is 2.15. The molecule has 1 saturated heterocycles. The number of carbonyl (C=O) groups excluding carboxylic acids is 1. The number of carbonyl (C=O) groups is 1. The van der Waals surface area contributed by atoms with Gasteiger partial charge in [-0.05, 0) is 34.6 Å². The van der Waals surface area contributed by atoms with E-state index in [1.54, 1.807) is 0 Å². The van der Waals surface area contributed by atoms with E-state index in [2.05, 4.69) is 44.8 Å². The first-order valence-corrected chi connectivity index (χ1v) is 5.03. The Hall–Kier alpha value is -0.570. The van der Waals surface area contributed by atoms with Crippen LogP contribution in [0.1, 0.15) is 34.6 Å². The predicted molar refractivity (Wildman–Crippen MR) is 53.5 cm³/mol. The first kappa shape index (κ1) is 10.5. The Morgan fingerprint density at radius 1 is 1.23 bits per heavy atom. The molecule has 0 saturated carbocycles. The Balaban J connectivity index is 2.70. The van der Waals surface area contributed by atoms with E-state index in [9.17, 15) is 4.79 Å². The van der Waals surface area contributed by atoms with Crippen molar-refractivity contribution in [3.05, 3.63) is 0 Å². The molecule has 3 heteroatoms. The summed E-state index contributed by atoms with van der Waals surface area (Å²) in [5.41, 5.74) is 0. The smallest absolute Gasteiger partial charge is 0.239 e. The molecule has 1 amide bonds. The van der Waals surface area contributed by atoms with Gasteiger partial charge < -0.3 is 5.32 Å². The third kappa shape index (κ3) is 1.85. The van der Waals surface area contributed by atoms with Crippen molar-refractivity contribution in [1.29, 1.82) is 0 Å². The lowest BCUT2D eigenvalue weighted by Gasteiger charge is -2.46. The van der Waals surface area contributed by atoms with Gasteiger partial charge in [0.1, 0.15) is 6.04 Å². The van der Waals surface area contributed by atoms with Gasteiger partial charge in [0, 0.05) is 12.1 Å². The summed E-state index contributed by atoms with van der Waals surface area (Å²) in [6, 6.07) is 1.24. The van der Waals surface area contributed by atoms with E-state index in [1.807, 2.05) is 0 Å². The molecule has 2 atom stereocenters. The van der Waals surface area contributed by atoms with Gasteiger partial charge in [-0.2, -0.15) is 0 Å². The standard InChI is InChI=1S/C10H20N2O/c1-6(2)12(7(3)4)9-8(5)11-10(9)13/h6-9H,1-5H3,(H,11,13)/t8-,9+/m1/s1. The zero-order chi connectivity index (χ0) is 10.2. The van der Waals surface area contributed by atoms with Crippen LogP contribution >= 0.6 is 0 Å². The van der Waals surface area contributed by atoms with Crippen LogP contribution in [0.5, 0.6) is 0 Å². The van der Waals surface area contributed by atoms with Gasteiger partial charge >= 0.3 is 0 Å². The minimum atomic E-state index is 0.0833. The van der Waals surface area contributed by atoms with E-state index < -0.39 is 0 Å².